The number of halogens is 5. The van der Waals surface area contributed by atoms with Crippen molar-refractivity contribution in [1.82, 2.24) is 20.1 Å². The molecular formula is C19H15F5N4O. The van der Waals surface area contributed by atoms with Crippen LogP contribution in [0.1, 0.15) is 18.4 Å². The third-order valence-corrected chi connectivity index (χ3v) is 4.77. The molecule has 1 fully saturated rings. The average Bonchev–Trinajstić information content (AvgIpc) is 3.01. The number of nitrogens with zero attached hydrogens (tertiary/aromatic N) is 3. The Kier molecular flexibility index (Phi) is 4.51. The smallest absolute Gasteiger partial charge is 0.351 e. The first-order valence-corrected chi connectivity index (χ1v) is 8.77. The van der Waals surface area contributed by atoms with Gasteiger partial charge in [-0.05, 0) is 23.8 Å². The van der Waals surface area contributed by atoms with Gasteiger partial charge in [-0.3, -0.25) is 14.5 Å². The Morgan fingerprint density at radius 2 is 1.93 bits per heavy atom. The van der Waals surface area contributed by atoms with Gasteiger partial charge >= 0.3 is 6.18 Å². The molecule has 29 heavy (non-hydrogen) atoms. The Morgan fingerprint density at radius 1 is 1.17 bits per heavy atom. The number of carbonyl (C=O) groups excluding carboxylic acids is 1. The van der Waals surface area contributed by atoms with Crippen LogP contribution in [0.25, 0.3) is 22.2 Å². The van der Waals surface area contributed by atoms with Crippen LogP contribution >= 0.6 is 0 Å². The van der Waals surface area contributed by atoms with E-state index in [0.717, 1.165) is 12.1 Å². The van der Waals surface area contributed by atoms with Crippen LogP contribution in [0.3, 0.4) is 0 Å². The van der Waals surface area contributed by atoms with E-state index in [0.29, 0.717) is 22.2 Å². The number of fused-ring (bicyclic) bond motifs is 1. The van der Waals surface area contributed by atoms with Gasteiger partial charge in [0.05, 0.1) is 17.3 Å². The number of nitrogens with one attached hydrogen (secondary N) is 1. The largest absolute Gasteiger partial charge is 0.416 e. The fourth-order valence-corrected chi connectivity index (χ4v) is 3.29. The summed E-state index contributed by atoms with van der Waals surface area (Å²) in [5.41, 5.74) is 0.894. The second-order valence-electron chi connectivity index (χ2n) is 7.04. The molecule has 0 unspecified atom stereocenters. The minimum atomic E-state index is -4.47. The molecule has 1 amide bonds. The zero-order valence-electron chi connectivity index (χ0n) is 14.9. The highest BCUT2D eigenvalue weighted by atomic mass is 19.4. The van der Waals surface area contributed by atoms with Gasteiger partial charge in [0.25, 0.3) is 5.92 Å². The number of amides is 1. The lowest BCUT2D eigenvalue weighted by Crippen LogP contribution is -2.51. The van der Waals surface area contributed by atoms with E-state index in [-0.39, 0.29) is 19.4 Å². The number of aromatic nitrogens is 3. The predicted molar refractivity (Wildman–Crippen MR) is 94.1 cm³/mol. The number of carbonyl (C=O) groups is 1. The maximum Gasteiger partial charge on any atom is 0.416 e. The Bertz CT molecular complexity index is 1070. The van der Waals surface area contributed by atoms with Crippen LogP contribution in [0, 0.1) is 0 Å². The lowest BCUT2D eigenvalue weighted by molar-refractivity contribution is -0.137. The van der Waals surface area contributed by atoms with Gasteiger partial charge in [0.1, 0.15) is 12.1 Å². The summed E-state index contributed by atoms with van der Waals surface area (Å²) in [6.45, 7) is -0.209. The van der Waals surface area contributed by atoms with E-state index in [2.05, 4.69) is 15.4 Å². The van der Waals surface area contributed by atoms with Crippen LogP contribution in [-0.2, 0) is 17.5 Å². The maximum atomic E-state index is 13.0. The minimum Gasteiger partial charge on any atom is -0.351 e. The molecule has 1 aliphatic carbocycles. The van der Waals surface area contributed by atoms with Crippen molar-refractivity contribution in [3.63, 3.8) is 0 Å². The van der Waals surface area contributed by atoms with Gasteiger partial charge in [0, 0.05) is 30.6 Å². The Balaban J connectivity index is 1.56. The van der Waals surface area contributed by atoms with Crippen molar-refractivity contribution in [2.45, 2.75) is 37.5 Å². The molecular weight excluding hydrogens is 395 g/mol. The number of alkyl halides is 5. The lowest BCUT2D eigenvalue weighted by Gasteiger charge is -2.35. The minimum absolute atomic E-state index is 0.209. The average molecular weight is 410 g/mol. The third kappa shape index (κ3) is 4.06. The highest BCUT2D eigenvalue weighted by molar-refractivity contribution is 5.83. The topological polar surface area (TPSA) is 59.8 Å². The van der Waals surface area contributed by atoms with Crippen LogP contribution in [0.4, 0.5) is 22.0 Å². The molecule has 5 nitrogen and oxygen atoms in total. The summed E-state index contributed by atoms with van der Waals surface area (Å²) in [4.78, 5) is 16.3. The monoisotopic (exact) mass is 410 g/mol. The van der Waals surface area contributed by atoms with E-state index in [1.807, 2.05) is 0 Å². The molecule has 0 saturated heterocycles. The fraction of sp³-hybridized carbons (Fsp3) is 0.316. The third-order valence-electron chi connectivity index (χ3n) is 4.77. The summed E-state index contributed by atoms with van der Waals surface area (Å²) in [7, 11) is 0. The van der Waals surface area contributed by atoms with Crippen LogP contribution in [0.15, 0.2) is 42.7 Å². The molecule has 4 rings (SSSR count). The van der Waals surface area contributed by atoms with Crippen molar-refractivity contribution in [2.75, 3.05) is 0 Å². The van der Waals surface area contributed by atoms with Crippen molar-refractivity contribution in [1.29, 1.82) is 0 Å². The molecule has 10 heteroatoms. The van der Waals surface area contributed by atoms with Gasteiger partial charge in [-0.15, -0.1) is 0 Å². The molecule has 2 heterocycles. The van der Waals surface area contributed by atoms with Crippen molar-refractivity contribution in [3.8, 4) is 11.1 Å². The highest BCUT2D eigenvalue weighted by Crippen LogP contribution is 2.37. The van der Waals surface area contributed by atoms with E-state index >= 15 is 0 Å². The van der Waals surface area contributed by atoms with Gasteiger partial charge in [-0.25, -0.2) is 8.78 Å². The van der Waals surface area contributed by atoms with Crippen LogP contribution in [0.5, 0.6) is 0 Å². The summed E-state index contributed by atoms with van der Waals surface area (Å²) in [5.74, 6) is -3.21. The van der Waals surface area contributed by atoms with E-state index in [9.17, 15) is 26.7 Å². The number of hydrogen-bond acceptors (Lipinski definition) is 3. The van der Waals surface area contributed by atoms with Crippen LogP contribution in [-0.4, -0.2) is 32.6 Å². The summed E-state index contributed by atoms with van der Waals surface area (Å²) >= 11 is 0. The quantitative estimate of drug-likeness (QED) is 0.661. The number of benzene rings is 1. The molecule has 0 aliphatic heterocycles. The van der Waals surface area contributed by atoms with E-state index < -0.39 is 29.6 Å². The molecule has 2 aromatic heterocycles. The molecule has 3 aromatic rings. The summed E-state index contributed by atoms with van der Waals surface area (Å²) < 4.78 is 66.0. The standard InChI is InChI=1S/C19H15F5N4O/c20-18(21)6-14(7-18)27-17(29)10-28-16-5-12(8-25-15(16)9-26-28)11-2-1-3-13(4-11)19(22,23)24/h1-5,8-9,14H,6-7,10H2,(H,27,29). The van der Waals surface area contributed by atoms with E-state index in [4.69, 9.17) is 0 Å². The molecule has 0 radical (unpaired) electrons. The molecule has 152 valence electrons. The van der Waals surface area contributed by atoms with Gasteiger partial charge in [0.2, 0.25) is 5.91 Å². The predicted octanol–water partition coefficient (Wildman–Crippen LogP) is 4.03. The lowest BCUT2D eigenvalue weighted by atomic mass is 9.88. The van der Waals surface area contributed by atoms with E-state index in [1.54, 1.807) is 6.07 Å². The highest BCUT2D eigenvalue weighted by Gasteiger charge is 2.45. The molecule has 0 spiro atoms. The van der Waals surface area contributed by atoms with Crippen LogP contribution < -0.4 is 5.32 Å². The molecule has 1 aromatic carbocycles. The number of pyridine rings is 1. The zero-order chi connectivity index (χ0) is 20.8. The molecule has 1 N–H and O–H groups in total. The van der Waals surface area contributed by atoms with Crippen molar-refractivity contribution >= 4 is 16.9 Å². The molecule has 1 saturated carbocycles. The normalized spacial score (nSPS) is 16.6. The van der Waals surface area contributed by atoms with Gasteiger partial charge in [0.15, 0.2) is 0 Å². The number of hydrogen-bond donors (Lipinski definition) is 1. The zero-order valence-corrected chi connectivity index (χ0v) is 14.9. The first-order chi connectivity index (χ1) is 13.6. The van der Waals surface area contributed by atoms with Crippen molar-refractivity contribution in [2.24, 2.45) is 0 Å². The SMILES string of the molecule is O=C(Cn1ncc2ncc(-c3cccc(C(F)(F)F)c3)cc21)NC1CC(F)(F)C1. The van der Waals surface area contributed by atoms with E-state index in [1.165, 1.54) is 29.2 Å². The number of rotatable bonds is 4. The molecule has 0 atom stereocenters. The van der Waals surface area contributed by atoms with Gasteiger partial charge < -0.3 is 5.32 Å². The first kappa shape index (κ1) is 19.3. The Morgan fingerprint density at radius 3 is 2.62 bits per heavy atom. The summed E-state index contributed by atoms with van der Waals surface area (Å²) in [5, 5.41) is 6.59. The molecule has 0 bridgehead atoms. The Labute approximate surface area is 161 Å². The van der Waals surface area contributed by atoms with Crippen molar-refractivity contribution < 1.29 is 26.7 Å². The van der Waals surface area contributed by atoms with Crippen molar-refractivity contribution in [3.05, 3.63) is 48.3 Å². The molecule has 1 aliphatic rings. The summed E-state index contributed by atoms with van der Waals surface area (Å²) in [6, 6.07) is 5.86. The van der Waals surface area contributed by atoms with Crippen LogP contribution in [0.2, 0.25) is 0 Å². The fourth-order valence-electron chi connectivity index (χ4n) is 3.29. The summed E-state index contributed by atoms with van der Waals surface area (Å²) in [6.07, 6.45) is -2.39. The first-order valence-electron chi connectivity index (χ1n) is 8.77. The second kappa shape index (κ2) is 6.78. The maximum absolute atomic E-state index is 13.0. The Hall–Kier alpha value is -3.04. The van der Waals surface area contributed by atoms with Gasteiger partial charge in [-0.1, -0.05) is 12.1 Å². The second-order valence-corrected chi connectivity index (χ2v) is 7.04. The van der Waals surface area contributed by atoms with Gasteiger partial charge in [-0.2, -0.15) is 18.3 Å².